The molecule has 1 unspecified atom stereocenters. The van der Waals surface area contributed by atoms with E-state index in [0.717, 1.165) is 19.3 Å². The van der Waals surface area contributed by atoms with Crippen molar-refractivity contribution in [3.8, 4) is 0 Å². The van der Waals surface area contributed by atoms with Crippen molar-refractivity contribution in [2.75, 3.05) is 19.8 Å². The molecule has 8 aliphatic rings. The summed E-state index contributed by atoms with van der Waals surface area (Å²) in [5, 5.41) is 126. The number of carbonyl (C=O) groups is 2. The van der Waals surface area contributed by atoms with Crippen LogP contribution in [0.15, 0.2) is 11.6 Å². The van der Waals surface area contributed by atoms with Crippen molar-refractivity contribution in [2.45, 2.75) is 228 Å². The topological polar surface area (TPSA) is 351 Å². The first kappa shape index (κ1) is 57.5. The molecule has 73 heavy (non-hydrogen) atoms. The molecule has 4 aliphatic carbocycles. The van der Waals surface area contributed by atoms with Gasteiger partial charge in [-0.05, 0) is 93.3 Å². The number of hydrogen-bond donors (Lipinski definition) is 12. The molecule has 0 aromatic heterocycles. The summed E-state index contributed by atoms with van der Waals surface area (Å²) in [6, 6.07) is 0. The molecule has 3 saturated carbocycles. The lowest BCUT2D eigenvalue weighted by Gasteiger charge is -2.58. The molecule has 8 rings (SSSR count). The molecular weight excluding hydrogens is 965 g/mol. The zero-order valence-corrected chi connectivity index (χ0v) is 42.6. The van der Waals surface area contributed by atoms with Crippen LogP contribution in [0.2, 0.25) is 0 Å². The second kappa shape index (κ2) is 22.9. The summed E-state index contributed by atoms with van der Waals surface area (Å²) in [6.45, 7) is 9.93. The second-order valence-electron chi connectivity index (χ2n) is 23.2. The van der Waals surface area contributed by atoms with Gasteiger partial charge in [0.15, 0.2) is 25.2 Å². The third kappa shape index (κ3) is 10.9. The molecule has 0 amide bonds. The standard InChI is InChI=1S/C51H82O22/c1-20(19-66-46-41(63)40(62)36(58)31(17-52)70-46)7-10-29(54)21(2)33-30(55)16-28-26-9-8-24-15-25(11-13-50(24,5)27(26)12-14-51(28,33)6)69-49-45(73-48-43(65)39(61)35(57)23(4)68-48)44(37(59)32(18-53)71-49)72-47-42(64)38(60)34(56)22(3)67-47/h8,20-23,25-28,31-49,52-53,56-65H,7,9-19H2,1-6H3/t20?,21-,22+,23+,25+,26-,27+,28+,31-,32-,33+,34+,35+,36-,37-,38-,39-,40+,41-,42-,43-,44+,45-,46-,47+,48+,49-,50+,51+/m1/s1. The van der Waals surface area contributed by atoms with Gasteiger partial charge in [0.2, 0.25) is 0 Å². The van der Waals surface area contributed by atoms with Crippen molar-refractivity contribution in [1.82, 2.24) is 0 Å². The first-order chi connectivity index (χ1) is 34.4. The number of ketones is 2. The Morgan fingerprint density at radius 1 is 0.658 bits per heavy atom. The maximum atomic E-state index is 14.1. The summed E-state index contributed by atoms with van der Waals surface area (Å²) in [6.07, 6.45) is -22.6. The number of ether oxygens (including phenoxy) is 8. The minimum absolute atomic E-state index is 0.00743. The van der Waals surface area contributed by atoms with Crippen molar-refractivity contribution < 1.29 is 109 Å². The minimum Gasteiger partial charge on any atom is -0.394 e. The Morgan fingerprint density at radius 2 is 1.22 bits per heavy atom. The SMILES string of the molecule is CC(CCC(=O)[C@@H](C)[C@H]1C(=O)C[C@H]2[C@@H]3CC=C4C[C@@H](O[C@@H]5O[C@H](CO)[C@@H](O)[C@H](O[C@@H]6O[C@@H](C)[C@H](O)[C@@H](O)[C@H]6O)[C@H]5O[C@@H]5O[C@@H](C)[C@H](O)[C@@H](O)[C@H]5O)CC[C@]4(C)[C@H]3CC[C@]12C)CO[C@@H]1O[C@H](CO)[C@@H](O)[C@H](O)[C@H]1O. The summed E-state index contributed by atoms with van der Waals surface area (Å²) in [5.74, 6) is -0.470. The van der Waals surface area contributed by atoms with Crippen LogP contribution in [-0.2, 0) is 47.5 Å². The van der Waals surface area contributed by atoms with Crippen molar-refractivity contribution in [3.05, 3.63) is 11.6 Å². The maximum Gasteiger partial charge on any atom is 0.187 e. The van der Waals surface area contributed by atoms with Gasteiger partial charge in [-0.15, -0.1) is 0 Å². The number of aliphatic hydroxyl groups is 12. The lowest BCUT2D eigenvalue weighted by atomic mass is 9.47. The fourth-order valence-electron chi connectivity index (χ4n) is 14.0. The number of carbonyl (C=O) groups excluding carboxylic acids is 2. The first-order valence-electron chi connectivity index (χ1n) is 26.4. The molecule has 4 aliphatic heterocycles. The molecule has 22 nitrogen and oxygen atoms in total. The Bertz CT molecular complexity index is 1930. The van der Waals surface area contributed by atoms with E-state index in [4.69, 9.17) is 37.9 Å². The molecule has 0 radical (unpaired) electrons. The highest BCUT2D eigenvalue weighted by Crippen LogP contribution is 2.66. The molecule has 4 heterocycles. The summed E-state index contributed by atoms with van der Waals surface area (Å²) in [7, 11) is 0. The number of fused-ring (bicyclic) bond motifs is 5. The smallest absolute Gasteiger partial charge is 0.187 e. The molecule has 0 aromatic rings. The van der Waals surface area contributed by atoms with Crippen LogP contribution in [0.25, 0.3) is 0 Å². The lowest BCUT2D eigenvalue weighted by Crippen LogP contribution is -2.67. The number of allylic oxidation sites excluding steroid dienone is 1. The predicted octanol–water partition coefficient (Wildman–Crippen LogP) is -1.93. The van der Waals surface area contributed by atoms with Gasteiger partial charge in [-0.25, -0.2) is 0 Å². The Labute approximate surface area is 425 Å². The van der Waals surface area contributed by atoms with Gasteiger partial charge in [0.1, 0.15) is 97.0 Å². The van der Waals surface area contributed by atoms with E-state index < -0.39 is 154 Å². The zero-order chi connectivity index (χ0) is 53.2. The highest BCUT2D eigenvalue weighted by atomic mass is 16.8. The molecule has 29 atom stereocenters. The monoisotopic (exact) mass is 1050 g/mol. The van der Waals surface area contributed by atoms with Crippen LogP contribution >= 0.6 is 0 Å². The predicted molar refractivity (Wildman–Crippen MR) is 249 cm³/mol. The van der Waals surface area contributed by atoms with E-state index in [1.165, 1.54) is 19.4 Å². The average molecular weight is 1050 g/mol. The molecule has 12 N–H and O–H groups in total. The quantitative estimate of drug-likeness (QED) is 0.0749. The fourth-order valence-corrected chi connectivity index (χ4v) is 14.0. The average Bonchev–Trinajstić information content (AvgIpc) is 3.64. The van der Waals surface area contributed by atoms with E-state index in [2.05, 4.69) is 19.9 Å². The molecule has 7 fully saturated rings. The lowest BCUT2D eigenvalue weighted by molar-refractivity contribution is -0.393. The van der Waals surface area contributed by atoms with E-state index in [0.29, 0.717) is 32.1 Å². The summed E-state index contributed by atoms with van der Waals surface area (Å²) >= 11 is 0. The van der Waals surface area contributed by atoms with Crippen molar-refractivity contribution in [2.24, 2.45) is 46.3 Å². The first-order valence-corrected chi connectivity index (χ1v) is 26.4. The van der Waals surface area contributed by atoms with Gasteiger partial charge >= 0.3 is 0 Å². The molecule has 22 heteroatoms. The number of aliphatic hydroxyl groups excluding tert-OH is 12. The van der Waals surface area contributed by atoms with Crippen LogP contribution in [0.1, 0.15) is 99.3 Å². The number of Topliss-reactive ketones (excluding diaryl/α,β-unsaturated/α-hetero) is 2. The van der Waals surface area contributed by atoms with Gasteiger partial charge in [-0.1, -0.05) is 39.3 Å². The summed E-state index contributed by atoms with van der Waals surface area (Å²) in [4.78, 5) is 28.0. The van der Waals surface area contributed by atoms with Crippen LogP contribution in [0, 0.1) is 46.3 Å². The van der Waals surface area contributed by atoms with Crippen LogP contribution in [-0.4, -0.2) is 222 Å². The van der Waals surface area contributed by atoms with E-state index in [-0.39, 0.29) is 59.1 Å². The maximum absolute atomic E-state index is 14.1. The molecule has 418 valence electrons. The van der Waals surface area contributed by atoms with Crippen LogP contribution in [0.3, 0.4) is 0 Å². The van der Waals surface area contributed by atoms with Crippen molar-refractivity contribution in [1.29, 1.82) is 0 Å². The normalized spacial score (nSPS) is 51.1. The Kier molecular flexibility index (Phi) is 18.0. The molecule has 0 aromatic carbocycles. The van der Waals surface area contributed by atoms with Crippen LogP contribution in [0.5, 0.6) is 0 Å². The van der Waals surface area contributed by atoms with Gasteiger partial charge < -0.3 is 99.2 Å². The van der Waals surface area contributed by atoms with E-state index in [1.807, 2.05) is 13.8 Å². The molecule has 0 spiro atoms. The molecule has 4 saturated heterocycles. The van der Waals surface area contributed by atoms with Gasteiger partial charge in [0.25, 0.3) is 0 Å². The van der Waals surface area contributed by atoms with Gasteiger partial charge in [0, 0.05) is 24.7 Å². The third-order valence-corrected chi connectivity index (χ3v) is 18.6. The van der Waals surface area contributed by atoms with E-state index >= 15 is 0 Å². The largest absolute Gasteiger partial charge is 0.394 e. The van der Waals surface area contributed by atoms with Crippen molar-refractivity contribution >= 4 is 11.6 Å². The van der Waals surface area contributed by atoms with Gasteiger partial charge in [0.05, 0.1) is 38.1 Å². The van der Waals surface area contributed by atoms with Crippen LogP contribution < -0.4 is 0 Å². The fraction of sp³-hybridized carbons (Fsp3) is 0.922. The minimum atomic E-state index is -1.79. The van der Waals surface area contributed by atoms with Crippen LogP contribution in [0.4, 0.5) is 0 Å². The van der Waals surface area contributed by atoms with E-state index in [9.17, 15) is 70.9 Å². The molecular formula is C51H82O22. The van der Waals surface area contributed by atoms with E-state index in [1.54, 1.807) is 0 Å². The summed E-state index contributed by atoms with van der Waals surface area (Å²) in [5.41, 5.74) is 0.547. The van der Waals surface area contributed by atoms with Gasteiger partial charge in [-0.3, -0.25) is 9.59 Å². The molecule has 0 bridgehead atoms. The Balaban J connectivity index is 0.931. The number of rotatable bonds is 16. The number of hydrogen-bond acceptors (Lipinski definition) is 22. The third-order valence-electron chi connectivity index (χ3n) is 18.6. The Morgan fingerprint density at radius 3 is 1.84 bits per heavy atom. The summed E-state index contributed by atoms with van der Waals surface area (Å²) < 4.78 is 48.0. The Hall–Kier alpha value is -1.72. The van der Waals surface area contributed by atoms with Gasteiger partial charge in [-0.2, -0.15) is 0 Å². The van der Waals surface area contributed by atoms with Crippen molar-refractivity contribution in [3.63, 3.8) is 0 Å². The second-order valence-corrected chi connectivity index (χ2v) is 23.2. The zero-order valence-electron chi connectivity index (χ0n) is 42.6. The highest BCUT2D eigenvalue weighted by Gasteiger charge is 2.63. The highest BCUT2D eigenvalue weighted by molar-refractivity contribution is 5.92.